The van der Waals surface area contributed by atoms with Crippen LogP contribution in [0.15, 0.2) is 40.1 Å². The van der Waals surface area contributed by atoms with E-state index in [0.29, 0.717) is 17.3 Å². The molecule has 0 amide bonds. The second-order valence-electron chi connectivity index (χ2n) is 6.02. The van der Waals surface area contributed by atoms with Crippen LogP contribution in [0.2, 0.25) is 0 Å². The van der Waals surface area contributed by atoms with Crippen molar-refractivity contribution in [2.45, 2.75) is 25.5 Å². The maximum Gasteiger partial charge on any atom is 0.146 e. The first-order valence-electron chi connectivity index (χ1n) is 7.97. The van der Waals surface area contributed by atoms with Crippen LogP contribution in [0.25, 0.3) is 10.9 Å². The molecule has 0 fully saturated rings. The second-order valence-corrected chi connectivity index (χ2v) is 7.38. The molecule has 0 bridgehead atoms. The number of halogens is 1. The number of aromatic nitrogens is 1. The predicted molar refractivity (Wildman–Crippen MR) is 111 cm³/mol. The number of ether oxygens (including phenoxy) is 2. The van der Waals surface area contributed by atoms with Crippen LogP contribution in [0.3, 0.4) is 0 Å². The molecule has 26 heavy (non-hydrogen) atoms. The van der Waals surface area contributed by atoms with Gasteiger partial charge in [0.2, 0.25) is 0 Å². The SMILES string of the molecule is COCC(C)(C=NOC)NC(=S)C(C)Oc1ccc2ncc(Br)cc2c1. The van der Waals surface area contributed by atoms with Crippen molar-refractivity contribution in [2.24, 2.45) is 5.16 Å². The first-order valence-corrected chi connectivity index (χ1v) is 9.17. The quantitative estimate of drug-likeness (QED) is 0.384. The Morgan fingerprint density at radius 1 is 1.42 bits per heavy atom. The van der Waals surface area contributed by atoms with Gasteiger partial charge in [-0.25, -0.2) is 0 Å². The molecule has 0 saturated carbocycles. The number of benzene rings is 1. The molecule has 140 valence electrons. The van der Waals surface area contributed by atoms with Gasteiger partial charge in [0.25, 0.3) is 0 Å². The molecule has 2 unspecified atom stereocenters. The molecule has 0 aliphatic carbocycles. The first kappa shape index (κ1) is 20.5. The maximum absolute atomic E-state index is 5.99. The summed E-state index contributed by atoms with van der Waals surface area (Å²) >= 11 is 8.92. The molecule has 0 aliphatic rings. The molecule has 1 aromatic carbocycles. The third-order valence-electron chi connectivity index (χ3n) is 3.60. The molecule has 8 heteroatoms. The second kappa shape index (κ2) is 9.25. The summed E-state index contributed by atoms with van der Waals surface area (Å²) in [5.74, 6) is 0.716. The fourth-order valence-corrected chi connectivity index (χ4v) is 3.00. The van der Waals surface area contributed by atoms with Crippen LogP contribution in [-0.4, -0.2) is 48.7 Å². The third kappa shape index (κ3) is 5.62. The Balaban J connectivity index is 2.09. The number of hydrogen-bond acceptors (Lipinski definition) is 6. The number of fused-ring (bicyclic) bond motifs is 1. The van der Waals surface area contributed by atoms with E-state index in [-0.39, 0.29) is 6.10 Å². The average Bonchev–Trinajstić information content (AvgIpc) is 2.59. The van der Waals surface area contributed by atoms with E-state index in [1.54, 1.807) is 19.5 Å². The Labute approximate surface area is 167 Å². The van der Waals surface area contributed by atoms with E-state index >= 15 is 0 Å². The average molecular weight is 440 g/mol. The monoisotopic (exact) mass is 439 g/mol. The van der Waals surface area contributed by atoms with E-state index < -0.39 is 5.54 Å². The van der Waals surface area contributed by atoms with E-state index in [9.17, 15) is 0 Å². The molecule has 0 saturated heterocycles. The summed E-state index contributed by atoms with van der Waals surface area (Å²) in [5.41, 5.74) is 0.301. The number of rotatable bonds is 8. The summed E-state index contributed by atoms with van der Waals surface area (Å²) in [6, 6.07) is 7.73. The van der Waals surface area contributed by atoms with Crippen LogP contribution >= 0.6 is 28.1 Å². The van der Waals surface area contributed by atoms with E-state index in [0.717, 1.165) is 15.4 Å². The minimum Gasteiger partial charge on any atom is -0.484 e. The van der Waals surface area contributed by atoms with Crippen molar-refractivity contribution in [1.29, 1.82) is 0 Å². The van der Waals surface area contributed by atoms with E-state index in [1.807, 2.05) is 38.1 Å². The molecular weight excluding hydrogens is 418 g/mol. The summed E-state index contributed by atoms with van der Waals surface area (Å²) in [5, 5.41) is 8.04. The van der Waals surface area contributed by atoms with Crippen LogP contribution in [0, 0.1) is 0 Å². The normalized spacial score (nSPS) is 14.8. The highest BCUT2D eigenvalue weighted by atomic mass is 79.9. The van der Waals surface area contributed by atoms with Gasteiger partial charge < -0.3 is 19.6 Å². The molecule has 2 atom stereocenters. The summed E-state index contributed by atoms with van der Waals surface area (Å²) in [4.78, 5) is 9.66. The van der Waals surface area contributed by atoms with Gasteiger partial charge in [-0.2, -0.15) is 0 Å². The summed E-state index contributed by atoms with van der Waals surface area (Å²) in [6.45, 7) is 4.18. The fourth-order valence-electron chi connectivity index (χ4n) is 2.37. The Hall–Kier alpha value is -1.77. The lowest BCUT2D eigenvalue weighted by atomic mass is 10.1. The van der Waals surface area contributed by atoms with E-state index in [4.69, 9.17) is 26.5 Å². The largest absolute Gasteiger partial charge is 0.484 e. The highest BCUT2D eigenvalue weighted by Crippen LogP contribution is 2.23. The lowest BCUT2D eigenvalue weighted by molar-refractivity contribution is 0.155. The van der Waals surface area contributed by atoms with Crippen LogP contribution < -0.4 is 10.1 Å². The van der Waals surface area contributed by atoms with E-state index in [1.165, 1.54) is 7.11 Å². The van der Waals surface area contributed by atoms with Crippen molar-refractivity contribution in [3.8, 4) is 5.75 Å². The van der Waals surface area contributed by atoms with Gasteiger partial charge in [0, 0.05) is 23.2 Å². The number of hydrogen-bond donors (Lipinski definition) is 1. The summed E-state index contributed by atoms with van der Waals surface area (Å²) in [7, 11) is 3.10. The fraction of sp³-hybridized carbons (Fsp3) is 0.389. The molecule has 0 spiro atoms. The standard InChI is InChI=1S/C18H22BrN3O3S/c1-12(17(26)22-18(2,11-23-3)10-21-24-4)25-15-5-6-16-13(8-15)7-14(19)9-20-16/h5-10,12H,11H2,1-4H3,(H,22,26). The van der Waals surface area contributed by atoms with Gasteiger partial charge in [-0.05, 0) is 54.0 Å². The van der Waals surface area contributed by atoms with Crippen LogP contribution in [0.4, 0.5) is 0 Å². The summed E-state index contributed by atoms with van der Waals surface area (Å²) in [6.07, 6.45) is 3.05. The highest BCUT2D eigenvalue weighted by molar-refractivity contribution is 9.10. The van der Waals surface area contributed by atoms with Crippen molar-refractivity contribution >= 4 is 50.3 Å². The van der Waals surface area contributed by atoms with E-state index in [2.05, 4.69) is 31.4 Å². The third-order valence-corrected chi connectivity index (χ3v) is 4.47. The minimum absolute atomic E-state index is 0.338. The van der Waals surface area contributed by atoms with Gasteiger partial charge in [-0.1, -0.05) is 17.4 Å². The lowest BCUT2D eigenvalue weighted by Gasteiger charge is -2.29. The van der Waals surface area contributed by atoms with Gasteiger partial charge in [0.1, 0.15) is 24.0 Å². The molecular formula is C18H22BrN3O3S. The molecule has 1 aromatic heterocycles. The first-order chi connectivity index (χ1) is 12.4. The Morgan fingerprint density at radius 2 is 2.19 bits per heavy atom. The molecule has 6 nitrogen and oxygen atoms in total. The zero-order valence-electron chi connectivity index (χ0n) is 15.2. The zero-order valence-corrected chi connectivity index (χ0v) is 17.6. The molecule has 1 N–H and O–H groups in total. The predicted octanol–water partition coefficient (Wildman–Crippen LogP) is 3.72. The molecule has 1 heterocycles. The topological polar surface area (TPSA) is 65.0 Å². The number of thiocarbonyl (C=S) groups is 1. The van der Waals surface area contributed by atoms with Crippen molar-refractivity contribution in [3.63, 3.8) is 0 Å². The zero-order chi connectivity index (χ0) is 19.2. The van der Waals surface area contributed by atoms with Crippen LogP contribution in [-0.2, 0) is 9.57 Å². The Bertz CT molecular complexity index is 802. The molecule has 0 radical (unpaired) electrons. The maximum atomic E-state index is 5.99. The Kier molecular flexibility index (Phi) is 7.31. The van der Waals surface area contributed by atoms with Crippen molar-refractivity contribution < 1.29 is 14.3 Å². The highest BCUT2D eigenvalue weighted by Gasteiger charge is 2.26. The molecule has 2 rings (SSSR count). The minimum atomic E-state index is -0.600. The number of oxime groups is 1. The van der Waals surface area contributed by atoms with Crippen molar-refractivity contribution in [3.05, 3.63) is 34.9 Å². The smallest absolute Gasteiger partial charge is 0.146 e. The van der Waals surface area contributed by atoms with Gasteiger partial charge in [-0.3, -0.25) is 4.98 Å². The van der Waals surface area contributed by atoms with Crippen LogP contribution in [0.1, 0.15) is 13.8 Å². The van der Waals surface area contributed by atoms with Gasteiger partial charge >= 0.3 is 0 Å². The number of nitrogens with one attached hydrogen (secondary N) is 1. The van der Waals surface area contributed by atoms with Gasteiger partial charge in [-0.15, -0.1) is 0 Å². The van der Waals surface area contributed by atoms with Gasteiger partial charge in [0.05, 0.1) is 23.9 Å². The van der Waals surface area contributed by atoms with Gasteiger partial charge in [0.15, 0.2) is 0 Å². The Morgan fingerprint density at radius 3 is 2.88 bits per heavy atom. The number of nitrogens with zero attached hydrogens (tertiary/aromatic N) is 2. The number of pyridine rings is 1. The van der Waals surface area contributed by atoms with Crippen LogP contribution in [0.5, 0.6) is 5.75 Å². The number of methoxy groups -OCH3 is 1. The lowest BCUT2D eigenvalue weighted by Crippen LogP contribution is -2.53. The molecule has 2 aromatic rings. The van der Waals surface area contributed by atoms with Crippen molar-refractivity contribution in [1.82, 2.24) is 10.3 Å². The van der Waals surface area contributed by atoms with Crippen molar-refractivity contribution in [2.75, 3.05) is 20.8 Å². The summed E-state index contributed by atoms with van der Waals surface area (Å²) < 4.78 is 12.1. The molecule has 0 aliphatic heterocycles.